The zero-order valence-corrected chi connectivity index (χ0v) is 23.6. The third kappa shape index (κ3) is 6.17. The summed E-state index contributed by atoms with van der Waals surface area (Å²) in [6.07, 6.45) is -3.06. The average Bonchev–Trinajstić information content (AvgIpc) is 3.31. The van der Waals surface area contributed by atoms with Gasteiger partial charge in [0.15, 0.2) is 5.82 Å². The van der Waals surface area contributed by atoms with Crippen LogP contribution in [0.2, 0.25) is 0 Å². The number of methoxy groups -OCH3 is 2. The number of ether oxygens (including phenoxy) is 2. The van der Waals surface area contributed by atoms with E-state index in [2.05, 4.69) is 15.3 Å². The molecule has 0 saturated carbocycles. The number of nitrogen functional groups attached to an aromatic ring is 1. The minimum Gasteiger partial charge on any atom is -0.497 e. The SMILES string of the molecule is COc1ccc(CNc2ncnc3c(C)c(-c4ccc(N)cc4)n(-c4ccc(C(=O)NCC(F)(F)F)c(OC)c4)c23)cc1. The van der Waals surface area contributed by atoms with E-state index in [1.807, 2.05) is 53.2 Å². The average molecular weight is 591 g/mol. The van der Waals surface area contributed by atoms with Crippen molar-refractivity contribution in [3.05, 3.63) is 89.7 Å². The van der Waals surface area contributed by atoms with Crippen LogP contribution in [0.25, 0.3) is 28.0 Å². The first kappa shape index (κ1) is 29.2. The molecular weight excluding hydrogens is 561 g/mol. The highest BCUT2D eigenvalue weighted by molar-refractivity contribution is 5.99. The van der Waals surface area contributed by atoms with Gasteiger partial charge in [0.05, 0.1) is 36.7 Å². The predicted octanol–water partition coefficient (Wildman–Crippen LogP) is 5.90. The van der Waals surface area contributed by atoms with Crippen LogP contribution in [0.15, 0.2) is 73.1 Å². The summed E-state index contributed by atoms with van der Waals surface area (Å²) in [6, 6.07) is 19.7. The molecule has 43 heavy (non-hydrogen) atoms. The molecule has 0 saturated heterocycles. The predicted molar refractivity (Wildman–Crippen MR) is 159 cm³/mol. The van der Waals surface area contributed by atoms with Gasteiger partial charge in [-0.05, 0) is 54.4 Å². The molecule has 2 heterocycles. The molecule has 5 aromatic rings. The summed E-state index contributed by atoms with van der Waals surface area (Å²) in [5, 5.41) is 5.30. The van der Waals surface area contributed by atoms with Crippen molar-refractivity contribution in [1.82, 2.24) is 19.9 Å². The number of benzene rings is 3. The van der Waals surface area contributed by atoms with Crippen LogP contribution in [0.5, 0.6) is 11.5 Å². The van der Waals surface area contributed by atoms with Gasteiger partial charge in [0.1, 0.15) is 29.9 Å². The lowest BCUT2D eigenvalue weighted by Gasteiger charge is -2.17. The lowest BCUT2D eigenvalue weighted by molar-refractivity contribution is -0.123. The molecule has 0 radical (unpaired) electrons. The fraction of sp³-hybridized carbons (Fsp3) is 0.194. The molecule has 0 bridgehead atoms. The molecule has 0 aliphatic carbocycles. The summed E-state index contributed by atoms with van der Waals surface area (Å²) in [5.74, 6) is 0.495. The van der Waals surface area contributed by atoms with Gasteiger partial charge in [-0.2, -0.15) is 13.2 Å². The molecule has 4 N–H and O–H groups in total. The van der Waals surface area contributed by atoms with E-state index in [1.54, 1.807) is 31.4 Å². The van der Waals surface area contributed by atoms with Crippen molar-refractivity contribution in [2.75, 3.05) is 31.8 Å². The number of aromatic nitrogens is 3. The van der Waals surface area contributed by atoms with Crippen molar-refractivity contribution in [3.8, 4) is 28.4 Å². The van der Waals surface area contributed by atoms with E-state index in [0.717, 1.165) is 28.1 Å². The Morgan fingerprint density at radius 1 is 0.977 bits per heavy atom. The fourth-order valence-electron chi connectivity index (χ4n) is 4.84. The van der Waals surface area contributed by atoms with E-state index >= 15 is 0 Å². The van der Waals surface area contributed by atoms with Crippen molar-refractivity contribution in [3.63, 3.8) is 0 Å². The highest BCUT2D eigenvalue weighted by atomic mass is 19.4. The van der Waals surface area contributed by atoms with Crippen molar-refractivity contribution in [1.29, 1.82) is 0 Å². The zero-order valence-electron chi connectivity index (χ0n) is 23.6. The van der Waals surface area contributed by atoms with Gasteiger partial charge in [-0.3, -0.25) is 4.79 Å². The Kier molecular flexibility index (Phi) is 8.11. The molecule has 0 aliphatic heterocycles. The highest BCUT2D eigenvalue weighted by Crippen LogP contribution is 2.39. The third-order valence-electron chi connectivity index (χ3n) is 6.92. The third-order valence-corrected chi connectivity index (χ3v) is 6.92. The Labute approximate surface area is 245 Å². The standard InChI is InChI=1S/C31H29F3N6O3/c1-18-26-28(29(39-17-38-26)36-15-19-4-11-23(42-2)12-5-19)40(27(18)20-6-8-21(35)9-7-20)22-10-13-24(25(14-22)43-3)30(41)37-16-31(32,33)34/h4-14,17H,15-16,35H2,1-3H3,(H,37,41)(H,36,38,39). The molecule has 1 amide bonds. The van der Waals surface area contributed by atoms with Crippen molar-refractivity contribution in [2.24, 2.45) is 0 Å². The maximum atomic E-state index is 12.7. The Morgan fingerprint density at radius 2 is 1.70 bits per heavy atom. The van der Waals surface area contributed by atoms with Gasteiger partial charge < -0.3 is 30.4 Å². The largest absolute Gasteiger partial charge is 0.497 e. The quantitative estimate of drug-likeness (QED) is 0.183. The van der Waals surface area contributed by atoms with Crippen LogP contribution < -0.4 is 25.8 Å². The molecule has 2 aromatic heterocycles. The second-order valence-electron chi connectivity index (χ2n) is 9.73. The van der Waals surface area contributed by atoms with Gasteiger partial charge in [0, 0.05) is 23.9 Å². The maximum absolute atomic E-state index is 12.7. The number of hydrogen-bond acceptors (Lipinski definition) is 7. The number of fused-ring (bicyclic) bond motifs is 1. The maximum Gasteiger partial charge on any atom is 0.405 e. The number of halogens is 3. The number of nitrogens with one attached hydrogen (secondary N) is 2. The number of carbonyl (C=O) groups is 1. The van der Waals surface area contributed by atoms with Gasteiger partial charge >= 0.3 is 6.18 Å². The number of anilines is 2. The lowest BCUT2D eigenvalue weighted by Crippen LogP contribution is -2.33. The zero-order chi connectivity index (χ0) is 30.7. The molecule has 9 nitrogen and oxygen atoms in total. The van der Waals surface area contributed by atoms with Crippen LogP contribution in [0, 0.1) is 6.92 Å². The van der Waals surface area contributed by atoms with E-state index in [4.69, 9.17) is 15.2 Å². The van der Waals surface area contributed by atoms with Crippen LogP contribution >= 0.6 is 0 Å². The van der Waals surface area contributed by atoms with Crippen LogP contribution in [0.3, 0.4) is 0 Å². The summed E-state index contributed by atoms with van der Waals surface area (Å²) < 4.78 is 50.9. The summed E-state index contributed by atoms with van der Waals surface area (Å²) >= 11 is 0. The van der Waals surface area contributed by atoms with Crippen molar-refractivity contribution >= 4 is 28.4 Å². The van der Waals surface area contributed by atoms with Gasteiger partial charge in [0.25, 0.3) is 5.91 Å². The molecule has 0 aliphatic rings. The van der Waals surface area contributed by atoms with E-state index in [9.17, 15) is 18.0 Å². The van der Waals surface area contributed by atoms with E-state index < -0.39 is 18.6 Å². The normalized spacial score (nSPS) is 11.4. The van der Waals surface area contributed by atoms with Gasteiger partial charge in [-0.15, -0.1) is 0 Å². The monoisotopic (exact) mass is 590 g/mol. The lowest BCUT2D eigenvalue weighted by atomic mass is 10.1. The Bertz CT molecular complexity index is 1770. The second-order valence-corrected chi connectivity index (χ2v) is 9.73. The molecule has 0 unspecified atom stereocenters. The molecule has 222 valence electrons. The molecule has 12 heteroatoms. The van der Waals surface area contributed by atoms with Gasteiger partial charge in [0.2, 0.25) is 0 Å². The van der Waals surface area contributed by atoms with Crippen LogP contribution in [-0.2, 0) is 6.54 Å². The van der Waals surface area contributed by atoms with E-state index in [1.165, 1.54) is 19.5 Å². The number of amides is 1. The molecule has 3 aromatic carbocycles. The molecule has 5 rings (SSSR count). The summed E-state index contributed by atoms with van der Waals surface area (Å²) in [7, 11) is 2.96. The molecular formula is C31H29F3N6O3. The Hall–Kier alpha value is -5.26. The summed E-state index contributed by atoms with van der Waals surface area (Å²) in [4.78, 5) is 21.8. The number of hydrogen-bond donors (Lipinski definition) is 3. The van der Waals surface area contributed by atoms with Crippen LogP contribution in [-0.4, -0.2) is 47.4 Å². The summed E-state index contributed by atoms with van der Waals surface area (Å²) in [6.45, 7) is 0.945. The molecule has 0 atom stereocenters. The second kappa shape index (κ2) is 11.9. The fourth-order valence-corrected chi connectivity index (χ4v) is 4.84. The number of carbonyl (C=O) groups excluding carboxylic acids is 1. The summed E-state index contributed by atoms with van der Waals surface area (Å²) in [5.41, 5.74) is 12.0. The van der Waals surface area contributed by atoms with Crippen LogP contribution in [0.1, 0.15) is 21.5 Å². The number of alkyl halides is 3. The number of nitrogens with zero attached hydrogens (tertiary/aromatic N) is 3. The Balaban J connectivity index is 1.65. The first-order valence-corrected chi connectivity index (χ1v) is 13.2. The molecule has 0 fully saturated rings. The van der Waals surface area contributed by atoms with E-state index in [-0.39, 0.29) is 11.3 Å². The number of nitrogens with two attached hydrogens (primary N) is 1. The number of aryl methyl sites for hydroxylation is 1. The Morgan fingerprint density at radius 3 is 2.35 bits per heavy atom. The smallest absolute Gasteiger partial charge is 0.405 e. The minimum atomic E-state index is -4.55. The van der Waals surface area contributed by atoms with Crippen molar-refractivity contribution in [2.45, 2.75) is 19.6 Å². The minimum absolute atomic E-state index is 0.0353. The van der Waals surface area contributed by atoms with Crippen LogP contribution in [0.4, 0.5) is 24.7 Å². The van der Waals surface area contributed by atoms with Gasteiger partial charge in [-0.1, -0.05) is 24.3 Å². The van der Waals surface area contributed by atoms with Crippen molar-refractivity contribution < 1.29 is 27.4 Å². The first-order chi connectivity index (χ1) is 20.6. The van der Waals surface area contributed by atoms with Gasteiger partial charge in [-0.25, -0.2) is 9.97 Å². The number of rotatable bonds is 9. The highest BCUT2D eigenvalue weighted by Gasteiger charge is 2.29. The molecule has 0 spiro atoms. The topological polar surface area (TPSA) is 116 Å². The first-order valence-electron chi connectivity index (χ1n) is 13.2. The van der Waals surface area contributed by atoms with E-state index in [0.29, 0.717) is 34.8 Å².